The average Bonchev–Trinajstić information content (AvgIpc) is 2.83. The minimum Gasteiger partial charge on any atom is -0.449 e. The van der Waals surface area contributed by atoms with Gasteiger partial charge in [0.1, 0.15) is 0 Å². The highest BCUT2D eigenvalue weighted by Crippen LogP contribution is 2.33. The summed E-state index contributed by atoms with van der Waals surface area (Å²) in [4.78, 5) is 0. The van der Waals surface area contributed by atoms with Crippen LogP contribution in [0.2, 0.25) is 0 Å². The number of benzene rings is 1. The molecule has 1 aliphatic rings. The summed E-state index contributed by atoms with van der Waals surface area (Å²) in [6.45, 7) is 0. The lowest BCUT2D eigenvalue weighted by Crippen LogP contribution is -2.19. The Morgan fingerprint density at radius 2 is 2.13 bits per heavy atom. The Kier molecular flexibility index (Phi) is 1.74. The SMILES string of the molecule is NC1c2cccc(BO)c2-n2cccc21. The highest BCUT2D eigenvalue weighted by atomic mass is 16.2. The van der Waals surface area contributed by atoms with Crippen LogP contribution in [0, 0.1) is 0 Å². The van der Waals surface area contributed by atoms with Crippen molar-refractivity contribution in [1.82, 2.24) is 4.57 Å². The van der Waals surface area contributed by atoms with Gasteiger partial charge in [-0.25, -0.2) is 0 Å². The van der Waals surface area contributed by atoms with E-state index in [2.05, 4.69) is 4.57 Å². The number of para-hydroxylation sites is 1. The molecule has 0 spiro atoms. The van der Waals surface area contributed by atoms with E-state index >= 15 is 0 Å². The lowest BCUT2D eigenvalue weighted by atomic mass is 9.85. The van der Waals surface area contributed by atoms with Crippen LogP contribution in [0.4, 0.5) is 0 Å². The van der Waals surface area contributed by atoms with E-state index in [0.29, 0.717) is 0 Å². The molecule has 1 aromatic carbocycles. The summed E-state index contributed by atoms with van der Waals surface area (Å²) in [5, 5.41) is 9.30. The first-order chi connectivity index (χ1) is 7.33. The Balaban J connectivity index is 2.34. The van der Waals surface area contributed by atoms with Crippen LogP contribution < -0.4 is 11.2 Å². The normalized spacial score (nSPS) is 17.3. The van der Waals surface area contributed by atoms with Crippen LogP contribution >= 0.6 is 0 Å². The van der Waals surface area contributed by atoms with Gasteiger partial charge in [-0.1, -0.05) is 18.2 Å². The van der Waals surface area contributed by atoms with Crippen LogP contribution in [0.5, 0.6) is 0 Å². The topological polar surface area (TPSA) is 51.2 Å². The zero-order chi connectivity index (χ0) is 10.4. The summed E-state index contributed by atoms with van der Waals surface area (Å²) in [6.07, 6.45) is 1.99. The van der Waals surface area contributed by atoms with Gasteiger partial charge in [0.2, 0.25) is 0 Å². The summed E-state index contributed by atoms with van der Waals surface area (Å²) in [5.41, 5.74) is 10.3. The molecule has 1 aliphatic heterocycles. The molecule has 0 bridgehead atoms. The van der Waals surface area contributed by atoms with Gasteiger partial charge < -0.3 is 15.3 Å². The monoisotopic (exact) mass is 198 g/mol. The largest absolute Gasteiger partial charge is 0.449 e. The quantitative estimate of drug-likeness (QED) is 0.624. The Morgan fingerprint density at radius 3 is 2.93 bits per heavy atom. The number of hydrogen-bond donors (Lipinski definition) is 2. The van der Waals surface area contributed by atoms with E-state index in [1.807, 2.05) is 36.5 Å². The van der Waals surface area contributed by atoms with E-state index in [1.165, 1.54) is 0 Å². The van der Waals surface area contributed by atoms with Crippen molar-refractivity contribution in [3.05, 3.63) is 47.8 Å². The fourth-order valence-corrected chi connectivity index (χ4v) is 2.29. The number of aromatic nitrogens is 1. The van der Waals surface area contributed by atoms with Crippen LogP contribution in [0.1, 0.15) is 17.3 Å². The molecule has 15 heavy (non-hydrogen) atoms. The molecule has 1 atom stereocenters. The van der Waals surface area contributed by atoms with Gasteiger partial charge in [0, 0.05) is 17.6 Å². The molecule has 3 rings (SSSR count). The van der Waals surface area contributed by atoms with Gasteiger partial charge in [-0.2, -0.15) is 0 Å². The molecule has 0 saturated carbocycles. The molecule has 3 N–H and O–H groups in total. The van der Waals surface area contributed by atoms with Crippen LogP contribution in [0.3, 0.4) is 0 Å². The maximum atomic E-state index is 9.30. The van der Waals surface area contributed by atoms with Crippen LogP contribution in [0.25, 0.3) is 5.69 Å². The van der Waals surface area contributed by atoms with E-state index in [4.69, 9.17) is 5.73 Å². The predicted molar refractivity (Wildman–Crippen MR) is 60.8 cm³/mol. The van der Waals surface area contributed by atoms with E-state index in [1.54, 1.807) is 0 Å². The number of fused-ring (bicyclic) bond motifs is 3. The zero-order valence-corrected chi connectivity index (χ0v) is 8.22. The summed E-state index contributed by atoms with van der Waals surface area (Å²) in [7, 11) is 0.0491. The molecule has 3 nitrogen and oxygen atoms in total. The maximum absolute atomic E-state index is 9.30. The molecular weight excluding hydrogens is 187 g/mol. The first-order valence-electron chi connectivity index (χ1n) is 4.99. The summed E-state index contributed by atoms with van der Waals surface area (Å²) >= 11 is 0. The molecule has 0 aliphatic carbocycles. The second-order valence-electron chi connectivity index (χ2n) is 3.79. The fraction of sp³-hybridized carbons (Fsp3) is 0.0909. The van der Waals surface area contributed by atoms with E-state index in [9.17, 15) is 5.02 Å². The standard InChI is InChI=1S/C11H11BN2O/c13-10-7-3-1-4-8(12-15)11(7)14-6-2-5-9(10)14/h1-6,10,12,15H,13H2. The van der Waals surface area contributed by atoms with Crippen molar-refractivity contribution < 1.29 is 5.02 Å². The van der Waals surface area contributed by atoms with E-state index in [-0.39, 0.29) is 13.5 Å². The summed E-state index contributed by atoms with van der Waals surface area (Å²) in [6, 6.07) is 9.82. The van der Waals surface area contributed by atoms with E-state index in [0.717, 1.165) is 22.4 Å². The molecule has 4 heteroatoms. The van der Waals surface area contributed by atoms with Crippen molar-refractivity contribution in [3.8, 4) is 5.69 Å². The van der Waals surface area contributed by atoms with Crippen molar-refractivity contribution in [2.24, 2.45) is 5.73 Å². The molecule has 1 unspecified atom stereocenters. The zero-order valence-electron chi connectivity index (χ0n) is 8.22. The summed E-state index contributed by atoms with van der Waals surface area (Å²) in [5.74, 6) is 0. The lowest BCUT2D eigenvalue weighted by Gasteiger charge is -2.07. The maximum Gasteiger partial charge on any atom is 0.306 e. The Labute approximate surface area is 88.4 Å². The van der Waals surface area contributed by atoms with Gasteiger partial charge >= 0.3 is 7.48 Å². The smallest absolute Gasteiger partial charge is 0.306 e. The third-order valence-electron chi connectivity index (χ3n) is 3.00. The first kappa shape index (κ1) is 8.77. The Hall–Kier alpha value is -1.52. The van der Waals surface area contributed by atoms with Crippen LogP contribution in [-0.2, 0) is 0 Å². The van der Waals surface area contributed by atoms with Gasteiger partial charge in [-0.3, -0.25) is 0 Å². The minimum absolute atomic E-state index is 0.0491. The van der Waals surface area contributed by atoms with Gasteiger partial charge in [0.15, 0.2) is 0 Å². The molecule has 0 radical (unpaired) electrons. The Bertz CT molecular complexity index is 521. The molecule has 2 heterocycles. The van der Waals surface area contributed by atoms with Gasteiger partial charge in [0.05, 0.1) is 6.04 Å². The highest BCUT2D eigenvalue weighted by Gasteiger charge is 2.26. The van der Waals surface area contributed by atoms with Crippen LogP contribution in [0.15, 0.2) is 36.5 Å². The molecule has 74 valence electrons. The highest BCUT2D eigenvalue weighted by molar-refractivity contribution is 6.47. The van der Waals surface area contributed by atoms with E-state index < -0.39 is 0 Å². The Morgan fingerprint density at radius 1 is 1.27 bits per heavy atom. The van der Waals surface area contributed by atoms with Gasteiger partial charge in [0.25, 0.3) is 0 Å². The van der Waals surface area contributed by atoms with Crippen molar-refractivity contribution in [2.75, 3.05) is 0 Å². The molecule has 0 fully saturated rings. The number of nitrogens with zero attached hydrogens (tertiary/aromatic N) is 1. The summed E-state index contributed by atoms with van der Waals surface area (Å²) < 4.78 is 2.06. The lowest BCUT2D eigenvalue weighted by molar-refractivity contribution is 0.615. The van der Waals surface area contributed by atoms with Crippen molar-refractivity contribution >= 4 is 12.9 Å². The molecule has 0 amide bonds. The molecule has 0 saturated heterocycles. The third-order valence-corrected chi connectivity index (χ3v) is 3.00. The number of nitrogens with two attached hydrogens (primary N) is 1. The van der Waals surface area contributed by atoms with Crippen LogP contribution in [-0.4, -0.2) is 17.1 Å². The van der Waals surface area contributed by atoms with Gasteiger partial charge in [-0.05, 0) is 23.2 Å². The van der Waals surface area contributed by atoms with Crippen molar-refractivity contribution in [3.63, 3.8) is 0 Å². The van der Waals surface area contributed by atoms with Crippen molar-refractivity contribution in [1.29, 1.82) is 0 Å². The third kappa shape index (κ3) is 1.03. The van der Waals surface area contributed by atoms with Gasteiger partial charge in [-0.15, -0.1) is 0 Å². The number of hydrogen-bond acceptors (Lipinski definition) is 2. The second kappa shape index (κ2) is 2.99. The average molecular weight is 198 g/mol. The number of rotatable bonds is 1. The molecular formula is C11H11BN2O. The predicted octanol–water partition coefficient (Wildman–Crippen LogP) is -0.192. The first-order valence-corrected chi connectivity index (χ1v) is 4.99. The second-order valence-corrected chi connectivity index (χ2v) is 3.79. The fourth-order valence-electron chi connectivity index (χ4n) is 2.29. The minimum atomic E-state index is -0.0681. The molecule has 1 aromatic heterocycles. The molecule has 2 aromatic rings. The van der Waals surface area contributed by atoms with Crippen molar-refractivity contribution in [2.45, 2.75) is 6.04 Å².